The highest BCUT2D eigenvalue weighted by atomic mass is 16.5. The molecular weight excluding hydrogens is 242 g/mol. The lowest BCUT2D eigenvalue weighted by molar-refractivity contribution is 0.112. The molecule has 1 aliphatic heterocycles. The van der Waals surface area contributed by atoms with E-state index in [2.05, 4.69) is 11.8 Å². The maximum atomic E-state index is 10.9. The van der Waals surface area contributed by atoms with E-state index in [1.807, 2.05) is 0 Å². The summed E-state index contributed by atoms with van der Waals surface area (Å²) in [5.74, 6) is 1.20. The predicted octanol–water partition coefficient (Wildman–Crippen LogP) is 2.45. The molecular formula is C15H21NO3. The number of rotatable bonds is 4. The molecule has 0 bridgehead atoms. The molecule has 0 aromatic heterocycles. The molecule has 0 unspecified atom stereocenters. The maximum absolute atomic E-state index is 10.9. The van der Waals surface area contributed by atoms with Crippen LogP contribution in [0.5, 0.6) is 11.5 Å². The minimum Gasteiger partial charge on any atom is -0.504 e. The number of piperidine rings is 1. The maximum Gasteiger partial charge on any atom is 0.162 e. The van der Waals surface area contributed by atoms with Gasteiger partial charge in [-0.3, -0.25) is 9.69 Å². The van der Waals surface area contributed by atoms with Crippen molar-refractivity contribution in [1.29, 1.82) is 0 Å². The molecule has 0 radical (unpaired) electrons. The van der Waals surface area contributed by atoms with Gasteiger partial charge in [0.25, 0.3) is 0 Å². The average Bonchev–Trinajstić information content (AvgIpc) is 2.41. The van der Waals surface area contributed by atoms with Gasteiger partial charge < -0.3 is 9.84 Å². The monoisotopic (exact) mass is 263 g/mol. The number of phenols is 1. The quantitative estimate of drug-likeness (QED) is 0.848. The van der Waals surface area contributed by atoms with E-state index in [0.29, 0.717) is 23.8 Å². The first kappa shape index (κ1) is 13.9. The first-order chi connectivity index (χ1) is 9.13. The second-order valence-corrected chi connectivity index (χ2v) is 5.33. The Morgan fingerprint density at radius 3 is 2.95 bits per heavy atom. The highest BCUT2D eigenvalue weighted by Gasteiger charge is 2.19. The number of hydrogen-bond donors (Lipinski definition) is 1. The van der Waals surface area contributed by atoms with E-state index >= 15 is 0 Å². The van der Waals surface area contributed by atoms with Crippen molar-refractivity contribution in [2.24, 2.45) is 5.92 Å². The van der Waals surface area contributed by atoms with Crippen molar-refractivity contribution in [3.63, 3.8) is 0 Å². The van der Waals surface area contributed by atoms with Crippen LogP contribution in [0.4, 0.5) is 0 Å². The summed E-state index contributed by atoms with van der Waals surface area (Å²) >= 11 is 0. The van der Waals surface area contributed by atoms with Crippen molar-refractivity contribution >= 4 is 6.29 Å². The largest absolute Gasteiger partial charge is 0.504 e. The van der Waals surface area contributed by atoms with Crippen LogP contribution in [-0.2, 0) is 6.54 Å². The van der Waals surface area contributed by atoms with Gasteiger partial charge in [0.2, 0.25) is 0 Å². The van der Waals surface area contributed by atoms with Gasteiger partial charge in [-0.15, -0.1) is 0 Å². The Hall–Kier alpha value is -1.55. The van der Waals surface area contributed by atoms with Crippen molar-refractivity contribution in [1.82, 2.24) is 4.90 Å². The van der Waals surface area contributed by atoms with Crippen LogP contribution in [0.25, 0.3) is 0 Å². The first-order valence-electron chi connectivity index (χ1n) is 6.71. The van der Waals surface area contributed by atoms with Gasteiger partial charge in [-0.1, -0.05) is 6.92 Å². The van der Waals surface area contributed by atoms with Gasteiger partial charge in [-0.25, -0.2) is 0 Å². The molecule has 1 aromatic carbocycles. The van der Waals surface area contributed by atoms with Crippen LogP contribution in [0.15, 0.2) is 12.1 Å². The van der Waals surface area contributed by atoms with Crippen molar-refractivity contribution in [2.45, 2.75) is 26.3 Å². The van der Waals surface area contributed by atoms with Gasteiger partial charge in [0, 0.05) is 24.2 Å². The smallest absolute Gasteiger partial charge is 0.162 e. The molecule has 0 amide bonds. The van der Waals surface area contributed by atoms with E-state index in [9.17, 15) is 9.90 Å². The number of methoxy groups -OCH3 is 1. The summed E-state index contributed by atoms with van der Waals surface area (Å²) in [7, 11) is 1.50. The van der Waals surface area contributed by atoms with E-state index in [-0.39, 0.29) is 5.75 Å². The van der Waals surface area contributed by atoms with Crippen molar-refractivity contribution < 1.29 is 14.6 Å². The van der Waals surface area contributed by atoms with Crippen molar-refractivity contribution in [2.75, 3.05) is 20.2 Å². The Morgan fingerprint density at radius 1 is 1.53 bits per heavy atom. The number of hydrogen-bond acceptors (Lipinski definition) is 4. The fourth-order valence-electron chi connectivity index (χ4n) is 2.70. The number of ether oxygens (including phenoxy) is 1. The zero-order valence-electron chi connectivity index (χ0n) is 11.6. The Kier molecular flexibility index (Phi) is 4.43. The van der Waals surface area contributed by atoms with E-state index in [0.717, 1.165) is 24.9 Å². The van der Waals surface area contributed by atoms with Crippen LogP contribution >= 0.6 is 0 Å². The summed E-state index contributed by atoms with van der Waals surface area (Å²) in [5, 5.41) is 10.1. The lowest BCUT2D eigenvalue weighted by Gasteiger charge is -2.31. The van der Waals surface area contributed by atoms with E-state index < -0.39 is 0 Å². The zero-order valence-corrected chi connectivity index (χ0v) is 11.6. The first-order valence-corrected chi connectivity index (χ1v) is 6.71. The third kappa shape index (κ3) is 3.26. The average molecular weight is 263 g/mol. The van der Waals surface area contributed by atoms with Crippen LogP contribution < -0.4 is 4.74 Å². The minimum absolute atomic E-state index is 0.145. The fraction of sp³-hybridized carbons (Fsp3) is 0.533. The SMILES string of the molecule is COc1cc(C=O)cc(CN2CCC[C@@H](C)C2)c1O. The lowest BCUT2D eigenvalue weighted by Crippen LogP contribution is -2.33. The standard InChI is InChI=1S/C15H21NO3/c1-11-4-3-5-16(8-11)9-13-6-12(10-17)7-14(19-2)15(13)18/h6-7,10-11,18H,3-5,8-9H2,1-2H3/t11-/m1/s1. The number of carbonyl (C=O) groups excluding carboxylic acids is 1. The molecule has 1 atom stereocenters. The summed E-state index contributed by atoms with van der Waals surface area (Å²) in [6.45, 7) is 4.98. The highest BCUT2D eigenvalue weighted by Crippen LogP contribution is 2.32. The molecule has 104 valence electrons. The number of likely N-dealkylation sites (tertiary alicyclic amines) is 1. The number of phenolic OH excluding ortho intramolecular Hbond substituents is 1. The van der Waals surface area contributed by atoms with E-state index in [4.69, 9.17) is 4.74 Å². The van der Waals surface area contributed by atoms with Crippen molar-refractivity contribution in [3.8, 4) is 11.5 Å². The number of benzene rings is 1. The Morgan fingerprint density at radius 2 is 2.32 bits per heavy atom. The molecule has 1 saturated heterocycles. The molecule has 0 saturated carbocycles. The molecule has 1 heterocycles. The summed E-state index contributed by atoms with van der Waals surface area (Å²) in [6.07, 6.45) is 3.23. The number of aldehydes is 1. The van der Waals surface area contributed by atoms with Gasteiger partial charge in [0.05, 0.1) is 7.11 Å². The molecule has 4 heteroatoms. The Labute approximate surface area is 114 Å². The zero-order chi connectivity index (χ0) is 13.8. The molecule has 2 rings (SSSR count). The van der Waals surface area contributed by atoms with Gasteiger partial charge in [0.1, 0.15) is 6.29 Å². The second-order valence-electron chi connectivity index (χ2n) is 5.33. The summed E-state index contributed by atoms with van der Waals surface area (Å²) < 4.78 is 5.11. The third-order valence-corrected chi connectivity index (χ3v) is 3.67. The molecule has 19 heavy (non-hydrogen) atoms. The van der Waals surface area contributed by atoms with Gasteiger partial charge in [-0.05, 0) is 37.4 Å². The van der Waals surface area contributed by atoms with Gasteiger partial charge in [-0.2, -0.15) is 0 Å². The summed E-state index contributed by atoms with van der Waals surface area (Å²) in [4.78, 5) is 13.2. The number of aromatic hydroxyl groups is 1. The van der Waals surface area contributed by atoms with Crippen LogP contribution in [0.3, 0.4) is 0 Å². The van der Waals surface area contributed by atoms with Crippen LogP contribution in [-0.4, -0.2) is 36.5 Å². The molecule has 1 aromatic rings. The molecule has 4 nitrogen and oxygen atoms in total. The minimum atomic E-state index is 0.145. The fourth-order valence-corrected chi connectivity index (χ4v) is 2.70. The van der Waals surface area contributed by atoms with Gasteiger partial charge >= 0.3 is 0 Å². The second kappa shape index (κ2) is 6.06. The van der Waals surface area contributed by atoms with Crippen LogP contribution in [0, 0.1) is 5.92 Å². The molecule has 0 spiro atoms. The summed E-state index contributed by atoms with van der Waals surface area (Å²) in [6, 6.07) is 3.30. The Balaban J connectivity index is 2.20. The van der Waals surface area contributed by atoms with Crippen LogP contribution in [0.2, 0.25) is 0 Å². The molecule has 1 fully saturated rings. The van der Waals surface area contributed by atoms with Crippen molar-refractivity contribution in [3.05, 3.63) is 23.3 Å². The van der Waals surface area contributed by atoms with Crippen LogP contribution in [0.1, 0.15) is 35.7 Å². The molecule has 1 aliphatic rings. The van der Waals surface area contributed by atoms with E-state index in [1.165, 1.54) is 20.0 Å². The normalized spacial score (nSPS) is 20.2. The number of carbonyl (C=O) groups is 1. The molecule has 1 N–H and O–H groups in total. The predicted molar refractivity (Wildman–Crippen MR) is 73.7 cm³/mol. The lowest BCUT2D eigenvalue weighted by atomic mass is 9.99. The number of nitrogens with zero attached hydrogens (tertiary/aromatic N) is 1. The third-order valence-electron chi connectivity index (χ3n) is 3.67. The molecule has 0 aliphatic carbocycles. The Bertz CT molecular complexity index is 459. The highest BCUT2D eigenvalue weighted by molar-refractivity contribution is 5.77. The van der Waals surface area contributed by atoms with Gasteiger partial charge in [0.15, 0.2) is 11.5 Å². The summed E-state index contributed by atoms with van der Waals surface area (Å²) in [5.41, 5.74) is 1.30. The van der Waals surface area contributed by atoms with E-state index in [1.54, 1.807) is 12.1 Å². The topological polar surface area (TPSA) is 49.8 Å².